The van der Waals surface area contributed by atoms with E-state index in [-0.39, 0.29) is 5.56 Å². The van der Waals surface area contributed by atoms with Gasteiger partial charge in [-0.2, -0.15) is 0 Å². The molecule has 0 radical (unpaired) electrons. The molecule has 0 unspecified atom stereocenters. The number of rotatable bonds is 5. The SMILES string of the molecule is CCC[C@H]1CC[C@H](c2ccc(-c3ccc(C(F)F)cc3)cc2)CC1. The van der Waals surface area contributed by atoms with Crippen LogP contribution in [0, 0.1) is 5.92 Å². The van der Waals surface area contributed by atoms with E-state index in [4.69, 9.17) is 0 Å². The zero-order valence-corrected chi connectivity index (χ0v) is 14.3. The Bertz CT molecular complexity index is 620. The van der Waals surface area contributed by atoms with Crippen LogP contribution in [0.2, 0.25) is 0 Å². The lowest BCUT2D eigenvalue weighted by Gasteiger charge is -2.28. The van der Waals surface area contributed by atoms with E-state index in [1.54, 1.807) is 12.1 Å². The molecule has 0 bridgehead atoms. The monoisotopic (exact) mass is 328 g/mol. The highest BCUT2D eigenvalue weighted by atomic mass is 19.3. The summed E-state index contributed by atoms with van der Waals surface area (Å²) in [7, 11) is 0. The zero-order valence-electron chi connectivity index (χ0n) is 14.3. The fourth-order valence-electron chi connectivity index (χ4n) is 3.96. The van der Waals surface area contributed by atoms with Crippen LogP contribution in [0.5, 0.6) is 0 Å². The molecule has 0 heterocycles. The Hall–Kier alpha value is -1.70. The Kier molecular flexibility index (Phi) is 5.65. The average molecular weight is 328 g/mol. The predicted molar refractivity (Wildman–Crippen MR) is 96.4 cm³/mol. The molecule has 2 aromatic rings. The van der Waals surface area contributed by atoms with E-state index in [0.717, 1.165) is 17.0 Å². The van der Waals surface area contributed by atoms with Crippen LogP contribution in [-0.2, 0) is 0 Å². The molecule has 1 aliphatic carbocycles. The minimum absolute atomic E-state index is 0.0826. The summed E-state index contributed by atoms with van der Waals surface area (Å²) in [4.78, 5) is 0. The zero-order chi connectivity index (χ0) is 16.9. The van der Waals surface area contributed by atoms with Crippen molar-refractivity contribution in [3.8, 4) is 11.1 Å². The van der Waals surface area contributed by atoms with Gasteiger partial charge in [-0.05, 0) is 54.2 Å². The molecule has 3 rings (SSSR count). The molecule has 0 N–H and O–H groups in total. The van der Waals surface area contributed by atoms with E-state index in [2.05, 4.69) is 31.2 Å². The van der Waals surface area contributed by atoms with Gasteiger partial charge in [-0.3, -0.25) is 0 Å². The van der Waals surface area contributed by atoms with Crippen molar-refractivity contribution >= 4 is 0 Å². The van der Waals surface area contributed by atoms with Crippen molar-refractivity contribution in [2.45, 2.75) is 57.8 Å². The molecule has 2 heteroatoms. The number of hydrogen-bond acceptors (Lipinski definition) is 0. The van der Waals surface area contributed by atoms with E-state index in [1.165, 1.54) is 56.2 Å². The largest absolute Gasteiger partial charge is 0.263 e. The van der Waals surface area contributed by atoms with E-state index in [9.17, 15) is 8.78 Å². The molecule has 1 fully saturated rings. The molecular formula is C22H26F2. The van der Waals surface area contributed by atoms with Crippen LogP contribution in [0.15, 0.2) is 48.5 Å². The third-order valence-corrected chi connectivity index (χ3v) is 5.42. The first-order valence-electron chi connectivity index (χ1n) is 9.15. The molecule has 0 aliphatic heterocycles. The van der Waals surface area contributed by atoms with Gasteiger partial charge in [-0.15, -0.1) is 0 Å². The van der Waals surface area contributed by atoms with Gasteiger partial charge >= 0.3 is 0 Å². The molecule has 0 atom stereocenters. The molecule has 128 valence electrons. The first kappa shape index (κ1) is 17.1. The van der Waals surface area contributed by atoms with Crippen LogP contribution in [0.25, 0.3) is 11.1 Å². The summed E-state index contributed by atoms with van der Waals surface area (Å²) < 4.78 is 25.3. The lowest BCUT2D eigenvalue weighted by molar-refractivity contribution is 0.151. The van der Waals surface area contributed by atoms with Gasteiger partial charge < -0.3 is 0 Å². The fourth-order valence-corrected chi connectivity index (χ4v) is 3.96. The number of halogens is 2. The molecule has 2 aromatic carbocycles. The summed E-state index contributed by atoms with van der Waals surface area (Å²) in [6.07, 6.45) is 5.59. The van der Waals surface area contributed by atoms with E-state index >= 15 is 0 Å². The third kappa shape index (κ3) is 4.03. The summed E-state index contributed by atoms with van der Waals surface area (Å²) in [6.45, 7) is 2.28. The Balaban J connectivity index is 1.65. The van der Waals surface area contributed by atoms with Crippen molar-refractivity contribution in [2.75, 3.05) is 0 Å². The van der Waals surface area contributed by atoms with Gasteiger partial charge in [0.1, 0.15) is 0 Å². The Morgan fingerprint density at radius 1 is 0.833 bits per heavy atom. The fraction of sp³-hybridized carbons (Fsp3) is 0.455. The van der Waals surface area contributed by atoms with E-state index in [0.29, 0.717) is 5.92 Å². The molecule has 0 aromatic heterocycles. The highest BCUT2D eigenvalue weighted by molar-refractivity contribution is 5.64. The highest BCUT2D eigenvalue weighted by Gasteiger charge is 2.21. The van der Waals surface area contributed by atoms with Gasteiger partial charge in [0.05, 0.1) is 0 Å². The first-order chi connectivity index (χ1) is 11.7. The molecule has 1 saturated carbocycles. The quantitative estimate of drug-likeness (QED) is 0.537. The normalized spacial score (nSPS) is 21.2. The van der Waals surface area contributed by atoms with Crippen molar-refractivity contribution in [3.63, 3.8) is 0 Å². The molecule has 1 aliphatic rings. The van der Waals surface area contributed by atoms with Crippen molar-refractivity contribution in [3.05, 3.63) is 59.7 Å². The predicted octanol–water partition coefficient (Wildman–Crippen LogP) is 7.37. The maximum Gasteiger partial charge on any atom is 0.263 e. The van der Waals surface area contributed by atoms with Gasteiger partial charge in [0.15, 0.2) is 0 Å². The van der Waals surface area contributed by atoms with Gasteiger partial charge in [0.2, 0.25) is 0 Å². The van der Waals surface area contributed by atoms with E-state index < -0.39 is 6.43 Å². The highest BCUT2D eigenvalue weighted by Crippen LogP contribution is 2.38. The van der Waals surface area contributed by atoms with Gasteiger partial charge in [0.25, 0.3) is 6.43 Å². The summed E-state index contributed by atoms with van der Waals surface area (Å²) in [5.74, 6) is 1.62. The molecule has 0 amide bonds. The Morgan fingerprint density at radius 2 is 1.38 bits per heavy atom. The van der Waals surface area contributed by atoms with Crippen LogP contribution in [-0.4, -0.2) is 0 Å². The second-order valence-electron chi connectivity index (χ2n) is 7.05. The number of benzene rings is 2. The first-order valence-corrected chi connectivity index (χ1v) is 9.15. The van der Waals surface area contributed by atoms with Gasteiger partial charge in [-0.25, -0.2) is 8.78 Å². The lowest BCUT2D eigenvalue weighted by Crippen LogP contribution is -2.13. The van der Waals surface area contributed by atoms with Crippen molar-refractivity contribution in [1.29, 1.82) is 0 Å². The van der Waals surface area contributed by atoms with Crippen LogP contribution >= 0.6 is 0 Å². The summed E-state index contributed by atoms with van der Waals surface area (Å²) in [6, 6.07) is 15.3. The second kappa shape index (κ2) is 7.92. The Labute approximate surface area is 143 Å². The topological polar surface area (TPSA) is 0 Å². The van der Waals surface area contributed by atoms with Crippen molar-refractivity contribution in [2.24, 2.45) is 5.92 Å². The average Bonchev–Trinajstić information content (AvgIpc) is 2.63. The Morgan fingerprint density at radius 3 is 1.88 bits per heavy atom. The smallest absolute Gasteiger partial charge is 0.205 e. The van der Waals surface area contributed by atoms with Crippen LogP contribution in [0.4, 0.5) is 8.78 Å². The summed E-state index contributed by atoms with van der Waals surface area (Å²) >= 11 is 0. The summed E-state index contributed by atoms with van der Waals surface area (Å²) in [5.41, 5.74) is 3.61. The summed E-state index contributed by atoms with van der Waals surface area (Å²) in [5, 5.41) is 0. The maximum atomic E-state index is 12.6. The molecule has 24 heavy (non-hydrogen) atoms. The van der Waals surface area contributed by atoms with Crippen molar-refractivity contribution in [1.82, 2.24) is 0 Å². The molecule has 0 spiro atoms. The molecule has 0 nitrogen and oxygen atoms in total. The van der Waals surface area contributed by atoms with Crippen LogP contribution in [0.3, 0.4) is 0 Å². The molecule has 0 saturated heterocycles. The number of alkyl halides is 2. The van der Waals surface area contributed by atoms with Gasteiger partial charge in [0, 0.05) is 5.56 Å². The standard InChI is InChI=1S/C22H26F2/c1-2-3-16-4-6-17(7-5-16)18-8-10-19(11-9-18)20-12-14-21(15-13-20)22(23)24/h8-17,22H,2-7H2,1H3/t16-,17-. The van der Waals surface area contributed by atoms with Gasteiger partial charge in [-0.1, -0.05) is 68.3 Å². The second-order valence-corrected chi connectivity index (χ2v) is 7.05. The lowest BCUT2D eigenvalue weighted by atomic mass is 9.77. The van der Waals surface area contributed by atoms with E-state index in [1.807, 2.05) is 0 Å². The third-order valence-electron chi connectivity index (χ3n) is 5.42. The van der Waals surface area contributed by atoms with Crippen molar-refractivity contribution < 1.29 is 8.78 Å². The maximum absolute atomic E-state index is 12.6. The number of hydrogen-bond donors (Lipinski definition) is 0. The minimum Gasteiger partial charge on any atom is -0.205 e. The van der Waals surface area contributed by atoms with Crippen LogP contribution < -0.4 is 0 Å². The van der Waals surface area contributed by atoms with Crippen LogP contribution in [0.1, 0.15) is 68.9 Å². The minimum atomic E-state index is -2.40. The molecular weight excluding hydrogens is 302 g/mol.